The standard InChI is InChI=1S/C19H23N3O3/c1-24-17-4-2-3-5-18(17)25-15-8-19(23)22-13-11-21(12-14-22)16-6-9-20-10-7-16/h2-7,9-10H,8,11-15H2,1H3. The van der Waals surface area contributed by atoms with Gasteiger partial charge in [-0.25, -0.2) is 0 Å². The highest BCUT2D eigenvalue weighted by atomic mass is 16.5. The number of methoxy groups -OCH3 is 1. The summed E-state index contributed by atoms with van der Waals surface area (Å²) in [6.07, 6.45) is 3.96. The molecule has 6 nitrogen and oxygen atoms in total. The quantitative estimate of drug-likeness (QED) is 0.806. The Labute approximate surface area is 148 Å². The number of nitrogens with zero attached hydrogens (tertiary/aromatic N) is 3. The van der Waals surface area contributed by atoms with Crippen molar-refractivity contribution in [1.82, 2.24) is 9.88 Å². The number of pyridine rings is 1. The van der Waals surface area contributed by atoms with Gasteiger partial charge in [0.2, 0.25) is 5.91 Å². The Kier molecular flexibility index (Phi) is 5.72. The van der Waals surface area contributed by atoms with E-state index in [-0.39, 0.29) is 5.91 Å². The van der Waals surface area contributed by atoms with Gasteiger partial charge >= 0.3 is 0 Å². The fourth-order valence-electron chi connectivity index (χ4n) is 2.91. The highest BCUT2D eigenvalue weighted by molar-refractivity contribution is 5.76. The van der Waals surface area contributed by atoms with Crippen LogP contribution in [0.2, 0.25) is 0 Å². The number of para-hydroxylation sites is 2. The molecule has 2 aromatic rings. The van der Waals surface area contributed by atoms with Crippen molar-refractivity contribution < 1.29 is 14.3 Å². The van der Waals surface area contributed by atoms with Gasteiger partial charge in [0.05, 0.1) is 20.1 Å². The highest BCUT2D eigenvalue weighted by Gasteiger charge is 2.21. The summed E-state index contributed by atoms with van der Waals surface area (Å²) in [5.74, 6) is 1.48. The lowest BCUT2D eigenvalue weighted by molar-refractivity contribution is -0.132. The number of hydrogen-bond acceptors (Lipinski definition) is 5. The summed E-state index contributed by atoms with van der Waals surface area (Å²) in [5.41, 5.74) is 1.15. The number of carbonyl (C=O) groups excluding carboxylic acids is 1. The maximum atomic E-state index is 12.4. The molecule has 2 heterocycles. The normalized spacial score (nSPS) is 14.3. The predicted octanol–water partition coefficient (Wildman–Crippen LogP) is 2.21. The van der Waals surface area contributed by atoms with Crippen LogP contribution in [-0.2, 0) is 4.79 Å². The summed E-state index contributed by atoms with van der Waals surface area (Å²) in [5, 5.41) is 0. The topological polar surface area (TPSA) is 54.9 Å². The number of anilines is 1. The van der Waals surface area contributed by atoms with E-state index in [0.29, 0.717) is 24.5 Å². The van der Waals surface area contributed by atoms with Gasteiger partial charge in [-0.05, 0) is 24.3 Å². The van der Waals surface area contributed by atoms with Crippen LogP contribution < -0.4 is 14.4 Å². The van der Waals surface area contributed by atoms with Gasteiger partial charge in [0.15, 0.2) is 11.5 Å². The lowest BCUT2D eigenvalue weighted by atomic mass is 10.2. The molecule has 0 saturated carbocycles. The minimum atomic E-state index is 0.129. The SMILES string of the molecule is COc1ccccc1OCCC(=O)N1CCN(c2ccncc2)CC1. The summed E-state index contributed by atoms with van der Waals surface area (Å²) in [6.45, 7) is 3.49. The summed E-state index contributed by atoms with van der Waals surface area (Å²) >= 11 is 0. The average molecular weight is 341 g/mol. The molecule has 132 valence electrons. The van der Waals surface area contributed by atoms with Crippen LogP contribution in [0.4, 0.5) is 5.69 Å². The lowest BCUT2D eigenvalue weighted by Crippen LogP contribution is -2.49. The molecule has 0 spiro atoms. The first kappa shape index (κ1) is 17.1. The van der Waals surface area contributed by atoms with Gasteiger partial charge in [0.25, 0.3) is 0 Å². The Hall–Kier alpha value is -2.76. The van der Waals surface area contributed by atoms with Crippen molar-refractivity contribution in [3.63, 3.8) is 0 Å². The second-order valence-electron chi connectivity index (χ2n) is 5.82. The third kappa shape index (κ3) is 4.41. The summed E-state index contributed by atoms with van der Waals surface area (Å²) < 4.78 is 10.9. The number of ether oxygens (including phenoxy) is 2. The molecule has 0 radical (unpaired) electrons. The van der Waals surface area contributed by atoms with E-state index in [1.807, 2.05) is 41.3 Å². The van der Waals surface area contributed by atoms with Gasteiger partial charge in [-0.3, -0.25) is 9.78 Å². The van der Waals surface area contributed by atoms with E-state index >= 15 is 0 Å². The van der Waals surface area contributed by atoms with Crippen LogP contribution in [0.25, 0.3) is 0 Å². The highest BCUT2D eigenvalue weighted by Crippen LogP contribution is 2.25. The average Bonchev–Trinajstić information content (AvgIpc) is 2.69. The monoisotopic (exact) mass is 341 g/mol. The molecule has 0 aliphatic carbocycles. The molecule has 3 rings (SSSR count). The van der Waals surface area contributed by atoms with Crippen molar-refractivity contribution >= 4 is 11.6 Å². The van der Waals surface area contributed by atoms with E-state index in [0.717, 1.165) is 31.9 Å². The molecule has 1 saturated heterocycles. The largest absolute Gasteiger partial charge is 0.493 e. The molecule has 1 aliphatic rings. The third-order valence-electron chi connectivity index (χ3n) is 4.30. The van der Waals surface area contributed by atoms with Crippen LogP contribution in [0.1, 0.15) is 6.42 Å². The van der Waals surface area contributed by atoms with E-state index in [1.54, 1.807) is 19.5 Å². The molecule has 0 atom stereocenters. The minimum absolute atomic E-state index is 0.129. The zero-order chi connectivity index (χ0) is 17.5. The van der Waals surface area contributed by atoms with Crippen LogP contribution in [0, 0.1) is 0 Å². The maximum Gasteiger partial charge on any atom is 0.226 e. The second-order valence-corrected chi connectivity index (χ2v) is 5.82. The van der Waals surface area contributed by atoms with E-state index in [4.69, 9.17) is 9.47 Å². The van der Waals surface area contributed by atoms with Gasteiger partial charge in [-0.2, -0.15) is 0 Å². The Morgan fingerprint density at radius 1 is 1.04 bits per heavy atom. The van der Waals surface area contributed by atoms with Crippen molar-refractivity contribution in [2.24, 2.45) is 0 Å². The van der Waals surface area contributed by atoms with E-state index < -0.39 is 0 Å². The van der Waals surface area contributed by atoms with Gasteiger partial charge in [0, 0.05) is 44.3 Å². The van der Waals surface area contributed by atoms with Crippen molar-refractivity contribution in [3.05, 3.63) is 48.8 Å². The van der Waals surface area contributed by atoms with Crippen LogP contribution in [-0.4, -0.2) is 55.7 Å². The van der Waals surface area contributed by atoms with Crippen LogP contribution in [0.5, 0.6) is 11.5 Å². The molecule has 25 heavy (non-hydrogen) atoms. The van der Waals surface area contributed by atoms with Crippen LogP contribution in [0.15, 0.2) is 48.8 Å². The summed E-state index contributed by atoms with van der Waals surface area (Å²) in [7, 11) is 1.61. The smallest absolute Gasteiger partial charge is 0.226 e. The molecule has 6 heteroatoms. The van der Waals surface area contributed by atoms with E-state index in [9.17, 15) is 4.79 Å². The molecule has 1 aromatic heterocycles. The number of piperazine rings is 1. The predicted molar refractivity (Wildman–Crippen MR) is 96.1 cm³/mol. The summed E-state index contributed by atoms with van der Waals surface area (Å²) in [6, 6.07) is 11.5. The Balaban J connectivity index is 1.44. The van der Waals surface area contributed by atoms with Crippen LogP contribution in [0.3, 0.4) is 0 Å². The van der Waals surface area contributed by atoms with Gasteiger partial charge in [0.1, 0.15) is 0 Å². The second kappa shape index (κ2) is 8.37. The fourth-order valence-corrected chi connectivity index (χ4v) is 2.91. The summed E-state index contributed by atoms with van der Waals surface area (Å²) in [4.78, 5) is 20.6. The zero-order valence-electron chi connectivity index (χ0n) is 14.4. The Bertz CT molecular complexity index is 685. The number of benzene rings is 1. The van der Waals surface area contributed by atoms with Crippen molar-refractivity contribution in [2.45, 2.75) is 6.42 Å². The number of carbonyl (C=O) groups is 1. The number of rotatable bonds is 6. The van der Waals surface area contributed by atoms with Gasteiger partial charge in [-0.1, -0.05) is 12.1 Å². The van der Waals surface area contributed by atoms with Gasteiger partial charge in [-0.15, -0.1) is 0 Å². The first-order valence-electron chi connectivity index (χ1n) is 8.46. The van der Waals surface area contributed by atoms with E-state index in [2.05, 4.69) is 9.88 Å². The first-order chi connectivity index (χ1) is 12.3. The fraction of sp³-hybridized carbons (Fsp3) is 0.368. The maximum absolute atomic E-state index is 12.4. The Morgan fingerprint density at radius 2 is 1.72 bits per heavy atom. The molecular weight excluding hydrogens is 318 g/mol. The number of amides is 1. The number of aromatic nitrogens is 1. The third-order valence-corrected chi connectivity index (χ3v) is 4.30. The first-order valence-corrected chi connectivity index (χ1v) is 8.46. The molecule has 0 unspecified atom stereocenters. The zero-order valence-corrected chi connectivity index (χ0v) is 14.4. The minimum Gasteiger partial charge on any atom is -0.493 e. The van der Waals surface area contributed by atoms with Crippen molar-refractivity contribution in [1.29, 1.82) is 0 Å². The lowest BCUT2D eigenvalue weighted by Gasteiger charge is -2.36. The van der Waals surface area contributed by atoms with Gasteiger partial charge < -0.3 is 19.3 Å². The molecular formula is C19H23N3O3. The number of hydrogen-bond donors (Lipinski definition) is 0. The molecule has 1 amide bonds. The molecule has 1 aromatic carbocycles. The molecule has 0 bridgehead atoms. The molecule has 1 aliphatic heterocycles. The molecule has 0 N–H and O–H groups in total. The van der Waals surface area contributed by atoms with E-state index in [1.165, 1.54) is 0 Å². The molecule has 1 fully saturated rings. The Morgan fingerprint density at radius 3 is 2.40 bits per heavy atom. The van der Waals surface area contributed by atoms with Crippen LogP contribution >= 0.6 is 0 Å². The van der Waals surface area contributed by atoms with Crippen molar-refractivity contribution in [3.8, 4) is 11.5 Å². The van der Waals surface area contributed by atoms with Crippen molar-refractivity contribution in [2.75, 3.05) is 44.8 Å².